The molecule has 3 N–H and O–H groups in total. The van der Waals surface area contributed by atoms with Gasteiger partial charge in [0.05, 0.1) is 15.4 Å². The van der Waals surface area contributed by atoms with E-state index in [1.54, 1.807) is 6.08 Å². The van der Waals surface area contributed by atoms with Crippen LogP contribution in [0.3, 0.4) is 0 Å². The summed E-state index contributed by atoms with van der Waals surface area (Å²) in [6.45, 7) is 5.88. The predicted molar refractivity (Wildman–Crippen MR) is 84.5 cm³/mol. The minimum Gasteiger partial charge on any atom is -0.506 e. The summed E-state index contributed by atoms with van der Waals surface area (Å²) in [7, 11) is 0. The topological polar surface area (TPSA) is 46.2 Å². The zero-order valence-corrected chi connectivity index (χ0v) is 12.0. The van der Waals surface area contributed by atoms with Gasteiger partial charge in [-0.2, -0.15) is 0 Å². The molecule has 0 radical (unpaired) electrons. The SMILES string of the molecule is C=Cc1sc(N)c(-c2cccc(CCCC)c2)c1O. The molecule has 3 heteroatoms. The first-order valence-corrected chi connectivity index (χ1v) is 7.32. The summed E-state index contributed by atoms with van der Waals surface area (Å²) in [6, 6.07) is 8.23. The van der Waals surface area contributed by atoms with Gasteiger partial charge >= 0.3 is 0 Å². The zero-order valence-electron chi connectivity index (χ0n) is 11.1. The lowest BCUT2D eigenvalue weighted by Crippen LogP contribution is -1.88. The molecule has 1 aromatic heterocycles. The van der Waals surface area contributed by atoms with Crippen LogP contribution in [-0.4, -0.2) is 5.11 Å². The van der Waals surface area contributed by atoms with Crippen LogP contribution in [-0.2, 0) is 6.42 Å². The summed E-state index contributed by atoms with van der Waals surface area (Å²) in [4.78, 5) is 0.728. The van der Waals surface area contributed by atoms with Crippen molar-refractivity contribution in [3.63, 3.8) is 0 Å². The largest absolute Gasteiger partial charge is 0.506 e. The second kappa shape index (κ2) is 5.93. The monoisotopic (exact) mass is 273 g/mol. The van der Waals surface area contributed by atoms with Gasteiger partial charge < -0.3 is 10.8 Å². The maximum absolute atomic E-state index is 10.2. The lowest BCUT2D eigenvalue weighted by molar-refractivity contribution is 0.479. The predicted octanol–water partition coefficient (Wildman–Crippen LogP) is 4.69. The number of anilines is 1. The lowest BCUT2D eigenvalue weighted by Gasteiger charge is -2.05. The van der Waals surface area contributed by atoms with Gasteiger partial charge in [0.1, 0.15) is 5.75 Å². The van der Waals surface area contributed by atoms with E-state index in [4.69, 9.17) is 5.73 Å². The third-order valence-corrected chi connectivity index (χ3v) is 4.16. The van der Waals surface area contributed by atoms with E-state index in [-0.39, 0.29) is 5.75 Å². The molecule has 0 amide bonds. The number of hydrogen-bond donors (Lipinski definition) is 2. The third kappa shape index (κ3) is 2.82. The lowest BCUT2D eigenvalue weighted by atomic mass is 10.0. The second-order valence-corrected chi connectivity index (χ2v) is 5.65. The van der Waals surface area contributed by atoms with Gasteiger partial charge in [-0.15, -0.1) is 11.3 Å². The van der Waals surface area contributed by atoms with Crippen molar-refractivity contribution in [1.82, 2.24) is 0 Å². The first-order chi connectivity index (χ1) is 9.17. The molecule has 0 saturated carbocycles. The van der Waals surface area contributed by atoms with E-state index in [9.17, 15) is 5.11 Å². The molecule has 0 fully saturated rings. The summed E-state index contributed by atoms with van der Waals surface area (Å²) in [5.41, 5.74) is 9.01. The van der Waals surface area contributed by atoms with Crippen LogP contribution in [0.2, 0.25) is 0 Å². The maximum atomic E-state index is 10.2. The smallest absolute Gasteiger partial charge is 0.143 e. The number of unbranched alkanes of at least 4 members (excludes halogenated alkanes) is 1. The fourth-order valence-corrected chi connectivity index (χ4v) is 2.97. The van der Waals surface area contributed by atoms with Crippen molar-refractivity contribution in [2.45, 2.75) is 26.2 Å². The van der Waals surface area contributed by atoms with E-state index < -0.39 is 0 Å². The molecule has 1 aromatic carbocycles. The molecule has 0 saturated heterocycles. The molecule has 2 rings (SSSR count). The molecule has 0 spiro atoms. The Morgan fingerprint density at radius 1 is 1.42 bits per heavy atom. The van der Waals surface area contributed by atoms with Crippen molar-refractivity contribution >= 4 is 22.4 Å². The number of thiophene rings is 1. The van der Waals surface area contributed by atoms with E-state index in [0.717, 1.165) is 22.4 Å². The molecular formula is C16H19NOS. The summed E-state index contributed by atoms with van der Waals surface area (Å²) in [5, 5.41) is 10.8. The highest BCUT2D eigenvalue weighted by atomic mass is 32.1. The van der Waals surface area contributed by atoms with Crippen LogP contribution in [0.5, 0.6) is 5.75 Å². The van der Waals surface area contributed by atoms with Crippen LogP contribution in [0, 0.1) is 0 Å². The highest BCUT2D eigenvalue weighted by Gasteiger charge is 2.15. The molecule has 2 nitrogen and oxygen atoms in total. The van der Waals surface area contributed by atoms with Gasteiger partial charge in [-0.25, -0.2) is 0 Å². The molecule has 0 aliphatic rings. The van der Waals surface area contributed by atoms with Gasteiger partial charge in [0.25, 0.3) is 0 Å². The Labute approximate surface area is 118 Å². The van der Waals surface area contributed by atoms with Gasteiger partial charge in [0.2, 0.25) is 0 Å². The van der Waals surface area contributed by atoms with Crippen LogP contribution < -0.4 is 5.73 Å². The Kier molecular flexibility index (Phi) is 4.27. The molecule has 2 aromatic rings. The van der Waals surface area contributed by atoms with Crippen LogP contribution in [0.15, 0.2) is 30.8 Å². The summed E-state index contributed by atoms with van der Waals surface area (Å²) in [5.74, 6) is 0.241. The van der Waals surface area contributed by atoms with E-state index in [2.05, 4.69) is 25.6 Å². The van der Waals surface area contributed by atoms with E-state index in [1.807, 2.05) is 12.1 Å². The molecule has 0 unspecified atom stereocenters. The molecule has 0 aliphatic carbocycles. The van der Waals surface area contributed by atoms with Crippen molar-refractivity contribution < 1.29 is 5.11 Å². The molecule has 100 valence electrons. The normalized spacial score (nSPS) is 10.6. The fraction of sp³-hybridized carbons (Fsp3) is 0.250. The first-order valence-electron chi connectivity index (χ1n) is 6.50. The molecule has 0 bridgehead atoms. The quantitative estimate of drug-likeness (QED) is 0.830. The minimum atomic E-state index is 0.241. The Morgan fingerprint density at radius 3 is 2.84 bits per heavy atom. The number of aryl methyl sites for hydroxylation is 1. The van der Waals surface area contributed by atoms with Crippen molar-refractivity contribution in [1.29, 1.82) is 0 Å². The van der Waals surface area contributed by atoms with Crippen LogP contribution >= 0.6 is 11.3 Å². The average molecular weight is 273 g/mol. The van der Waals surface area contributed by atoms with Gasteiger partial charge in [0.15, 0.2) is 0 Å². The number of nitrogens with two attached hydrogens (primary N) is 1. The van der Waals surface area contributed by atoms with Crippen LogP contribution in [0.4, 0.5) is 5.00 Å². The van der Waals surface area contributed by atoms with E-state index >= 15 is 0 Å². The number of hydrogen-bond acceptors (Lipinski definition) is 3. The summed E-state index contributed by atoms with van der Waals surface area (Å²) >= 11 is 1.37. The number of benzene rings is 1. The molecular weight excluding hydrogens is 254 g/mol. The van der Waals surface area contributed by atoms with Crippen molar-refractivity contribution in [2.75, 3.05) is 5.73 Å². The van der Waals surface area contributed by atoms with E-state index in [0.29, 0.717) is 5.00 Å². The molecule has 0 aliphatic heterocycles. The molecule has 1 heterocycles. The highest BCUT2D eigenvalue weighted by molar-refractivity contribution is 7.17. The Bertz CT molecular complexity index is 586. The second-order valence-electron chi connectivity index (χ2n) is 4.56. The fourth-order valence-electron chi connectivity index (χ4n) is 2.14. The molecule has 0 atom stereocenters. The number of aromatic hydroxyl groups is 1. The standard InChI is InChI=1S/C16H19NOS/c1-3-5-7-11-8-6-9-12(10-11)14-15(18)13(4-2)19-16(14)17/h4,6,8-10,18H,2-3,5,7,17H2,1H3. The highest BCUT2D eigenvalue weighted by Crippen LogP contribution is 2.44. The zero-order chi connectivity index (χ0) is 13.8. The first kappa shape index (κ1) is 13.7. The van der Waals surface area contributed by atoms with Crippen LogP contribution in [0.1, 0.15) is 30.2 Å². The Hall–Kier alpha value is -1.74. The van der Waals surface area contributed by atoms with Crippen molar-refractivity contribution in [3.05, 3.63) is 41.3 Å². The number of rotatable bonds is 5. The van der Waals surface area contributed by atoms with E-state index in [1.165, 1.54) is 29.7 Å². The Balaban J connectivity index is 2.41. The van der Waals surface area contributed by atoms with Gasteiger partial charge in [-0.05, 0) is 30.0 Å². The maximum Gasteiger partial charge on any atom is 0.143 e. The average Bonchev–Trinajstić information content (AvgIpc) is 2.71. The van der Waals surface area contributed by atoms with Gasteiger partial charge in [0, 0.05) is 0 Å². The minimum absolute atomic E-state index is 0.241. The van der Waals surface area contributed by atoms with Crippen molar-refractivity contribution in [2.24, 2.45) is 0 Å². The molecule has 19 heavy (non-hydrogen) atoms. The van der Waals surface area contributed by atoms with Gasteiger partial charge in [-0.3, -0.25) is 0 Å². The summed E-state index contributed by atoms with van der Waals surface area (Å²) < 4.78 is 0. The Morgan fingerprint density at radius 2 is 2.21 bits per heavy atom. The van der Waals surface area contributed by atoms with Crippen LogP contribution in [0.25, 0.3) is 17.2 Å². The number of nitrogen functional groups attached to an aromatic ring is 1. The van der Waals surface area contributed by atoms with Crippen molar-refractivity contribution in [3.8, 4) is 16.9 Å². The third-order valence-electron chi connectivity index (χ3n) is 3.16. The van der Waals surface area contributed by atoms with Gasteiger partial charge in [-0.1, -0.05) is 44.2 Å². The summed E-state index contributed by atoms with van der Waals surface area (Å²) in [6.07, 6.45) is 5.05.